The fraction of sp³-hybridized carbons (Fsp3) is 0.667. The lowest BCUT2D eigenvalue weighted by atomic mass is 10.0. The Morgan fingerprint density at radius 2 is 1.17 bits per heavy atom. The summed E-state index contributed by atoms with van der Waals surface area (Å²) in [6.07, 6.45) is 17.7. The topological polar surface area (TPSA) is 43.1 Å². The minimum Gasteiger partial charge on any atom is -0.366 e. The van der Waals surface area contributed by atoms with Gasteiger partial charge in [-0.2, -0.15) is 0 Å². The van der Waals surface area contributed by atoms with Gasteiger partial charge in [-0.25, -0.2) is 0 Å². The molecule has 0 unspecified atom stereocenters. The van der Waals surface area contributed by atoms with Crippen LogP contribution >= 0.6 is 0 Å². The molecule has 130 valence electrons. The average molecular weight is 318 g/mol. The summed E-state index contributed by atoms with van der Waals surface area (Å²) in [7, 11) is 0. The van der Waals surface area contributed by atoms with Gasteiger partial charge in [0.1, 0.15) is 0 Å². The van der Waals surface area contributed by atoms with Gasteiger partial charge in [0.25, 0.3) is 0 Å². The number of unbranched alkanes of at least 4 members (excludes halogenated alkanes) is 11. The molecule has 0 aromatic heterocycles. The van der Waals surface area contributed by atoms with E-state index in [0.717, 1.165) is 6.42 Å². The number of primary amides is 1. The maximum Gasteiger partial charge on any atom is 0.248 e. The second-order valence-electron chi connectivity index (χ2n) is 6.70. The van der Waals surface area contributed by atoms with Gasteiger partial charge < -0.3 is 5.73 Å². The van der Waals surface area contributed by atoms with Crippen LogP contribution in [0, 0.1) is 0 Å². The van der Waals surface area contributed by atoms with Gasteiger partial charge >= 0.3 is 0 Å². The minimum absolute atomic E-state index is 0.345. The highest BCUT2D eigenvalue weighted by atomic mass is 16.1. The fourth-order valence-corrected chi connectivity index (χ4v) is 3.01. The molecule has 2 heteroatoms. The van der Waals surface area contributed by atoms with Crippen LogP contribution in [0.25, 0.3) is 0 Å². The SMILES string of the molecule is CCCCCCCCCCCCCCc1ccc(C(N)=O)cc1. The van der Waals surface area contributed by atoms with Crippen LogP contribution in [-0.4, -0.2) is 5.91 Å². The van der Waals surface area contributed by atoms with Gasteiger partial charge in [0, 0.05) is 5.56 Å². The van der Waals surface area contributed by atoms with Crippen molar-refractivity contribution in [1.29, 1.82) is 0 Å². The number of hydrogen-bond acceptors (Lipinski definition) is 1. The number of aryl methyl sites for hydroxylation is 1. The summed E-state index contributed by atoms with van der Waals surface area (Å²) in [4.78, 5) is 11.0. The van der Waals surface area contributed by atoms with E-state index in [2.05, 4.69) is 6.92 Å². The van der Waals surface area contributed by atoms with Crippen molar-refractivity contribution in [2.75, 3.05) is 0 Å². The molecule has 0 bridgehead atoms. The Balaban J connectivity index is 1.90. The van der Waals surface area contributed by atoms with E-state index in [0.29, 0.717) is 5.56 Å². The van der Waals surface area contributed by atoms with Crippen molar-refractivity contribution in [3.05, 3.63) is 35.4 Å². The first-order valence-electron chi connectivity index (χ1n) is 9.62. The monoisotopic (exact) mass is 317 g/mol. The summed E-state index contributed by atoms with van der Waals surface area (Å²) >= 11 is 0. The maximum absolute atomic E-state index is 11.0. The van der Waals surface area contributed by atoms with Crippen LogP contribution in [0.2, 0.25) is 0 Å². The third-order valence-corrected chi connectivity index (χ3v) is 4.56. The van der Waals surface area contributed by atoms with Crippen LogP contribution in [0.4, 0.5) is 0 Å². The summed E-state index contributed by atoms with van der Waals surface area (Å²) in [5, 5.41) is 0. The van der Waals surface area contributed by atoms with Crippen molar-refractivity contribution in [1.82, 2.24) is 0 Å². The second-order valence-corrected chi connectivity index (χ2v) is 6.70. The maximum atomic E-state index is 11.0. The molecule has 0 spiro atoms. The van der Waals surface area contributed by atoms with E-state index in [4.69, 9.17) is 5.73 Å². The third kappa shape index (κ3) is 10.1. The molecule has 0 saturated carbocycles. The number of carbonyl (C=O) groups is 1. The number of carbonyl (C=O) groups excluding carboxylic acids is 1. The third-order valence-electron chi connectivity index (χ3n) is 4.56. The van der Waals surface area contributed by atoms with Gasteiger partial charge in [-0.3, -0.25) is 4.79 Å². The van der Waals surface area contributed by atoms with Crippen LogP contribution in [-0.2, 0) is 6.42 Å². The molecule has 0 atom stereocenters. The van der Waals surface area contributed by atoms with Crippen LogP contribution < -0.4 is 5.73 Å². The Labute approximate surface area is 142 Å². The normalized spacial score (nSPS) is 10.8. The molecule has 23 heavy (non-hydrogen) atoms. The fourth-order valence-electron chi connectivity index (χ4n) is 3.01. The molecule has 0 radical (unpaired) electrons. The molecule has 0 aliphatic carbocycles. The molecule has 0 fully saturated rings. The quantitative estimate of drug-likeness (QED) is 0.418. The number of nitrogens with two attached hydrogens (primary N) is 1. The molecular formula is C21H35NO. The molecule has 0 aliphatic rings. The number of benzene rings is 1. The lowest BCUT2D eigenvalue weighted by molar-refractivity contribution is 0.100. The largest absolute Gasteiger partial charge is 0.366 e. The predicted octanol–water partition coefficient (Wildman–Crippen LogP) is 6.03. The molecule has 2 N–H and O–H groups in total. The summed E-state index contributed by atoms with van der Waals surface area (Å²) in [6.45, 7) is 2.27. The Bertz CT molecular complexity index is 410. The second kappa shape index (κ2) is 13.2. The van der Waals surface area contributed by atoms with E-state index in [1.54, 1.807) is 0 Å². The predicted molar refractivity (Wildman–Crippen MR) is 99.7 cm³/mol. The molecular weight excluding hydrogens is 282 g/mol. The number of amides is 1. The molecule has 0 heterocycles. The molecule has 1 aromatic carbocycles. The van der Waals surface area contributed by atoms with Crippen molar-refractivity contribution in [2.45, 2.75) is 90.4 Å². The van der Waals surface area contributed by atoms with Crippen molar-refractivity contribution in [3.8, 4) is 0 Å². The molecule has 0 saturated heterocycles. The Morgan fingerprint density at radius 3 is 1.61 bits per heavy atom. The van der Waals surface area contributed by atoms with Crippen LogP contribution in [0.5, 0.6) is 0 Å². The lowest BCUT2D eigenvalue weighted by Gasteiger charge is -2.04. The summed E-state index contributed by atoms with van der Waals surface area (Å²) < 4.78 is 0. The lowest BCUT2D eigenvalue weighted by Crippen LogP contribution is -2.10. The Kier molecular flexibility index (Phi) is 11.3. The van der Waals surface area contributed by atoms with E-state index < -0.39 is 0 Å². The highest BCUT2D eigenvalue weighted by molar-refractivity contribution is 5.92. The average Bonchev–Trinajstić information content (AvgIpc) is 2.56. The first-order chi connectivity index (χ1) is 11.2. The zero-order valence-corrected chi connectivity index (χ0v) is 15.0. The van der Waals surface area contributed by atoms with Gasteiger partial charge in [0.2, 0.25) is 5.91 Å². The molecule has 1 aromatic rings. The molecule has 0 aliphatic heterocycles. The van der Waals surface area contributed by atoms with Gasteiger partial charge in [0.15, 0.2) is 0 Å². The highest BCUT2D eigenvalue weighted by Gasteiger charge is 2.00. The van der Waals surface area contributed by atoms with E-state index in [-0.39, 0.29) is 5.91 Å². The molecule has 1 amide bonds. The standard InChI is InChI=1S/C21H35NO/c1-2-3-4-5-6-7-8-9-10-11-12-13-14-19-15-17-20(18-16-19)21(22)23/h15-18H,2-14H2,1H3,(H2,22,23). The highest BCUT2D eigenvalue weighted by Crippen LogP contribution is 2.13. The van der Waals surface area contributed by atoms with Crippen molar-refractivity contribution >= 4 is 5.91 Å². The van der Waals surface area contributed by atoms with Crippen LogP contribution in [0.1, 0.15) is 99.9 Å². The molecule has 1 rings (SSSR count). The van der Waals surface area contributed by atoms with Gasteiger partial charge in [-0.05, 0) is 30.5 Å². The van der Waals surface area contributed by atoms with Gasteiger partial charge in [0.05, 0.1) is 0 Å². The van der Waals surface area contributed by atoms with E-state index in [9.17, 15) is 4.79 Å². The smallest absolute Gasteiger partial charge is 0.248 e. The minimum atomic E-state index is -0.345. The van der Waals surface area contributed by atoms with Crippen LogP contribution in [0.3, 0.4) is 0 Å². The number of hydrogen-bond donors (Lipinski definition) is 1. The van der Waals surface area contributed by atoms with Crippen molar-refractivity contribution < 1.29 is 4.79 Å². The summed E-state index contributed by atoms with van der Waals surface area (Å²) in [6, 6.07) is 7.72. The van der Waals surface area contributed by atoms with Gasteiger partial charge in [-0.1, -0.05) is 89.7 Å². The van der Waals surface area contributed by atoms with E-state index in [1.165, 1.54) is 82.6 Å². The van der Waals surface area contributed by atoms with Crippen molar-refractivity contribution in [3.63, 3.8) is 0 Å². The summed E-state index contributed by atoms with van der Waals surface area (Å²) in [5.74, 6) is -0.345. The van der Waals surface area contributed by atoms with E-state index in [1.807, 2.05) is 24.3 Å². The molecule has 2 nitrogen and oxygen atoms in total. The zero-order chi connectivity index (χ0) is 16.8. The van der Waals surface area contributed by atoms with Crippen LogP contribution in [0.15, 0.2) is 24.3 Å². The van der Waals surface area contributed by atoms with Crippen molar-refractivity contribution in [2.24, 2.45) is 5.73 Å². The van der Waals surface area contributed by atoms with Gasteiger partial charge in [-0.15, -0.1) is 0 Å². The number of rotatable bonds is 14. The Hall–Kier alpha value is -1.31. The Morgan fingerprint density at radius 1 is 0.739 bits per heavy atom. The van der Waals surface area contributed by atoms with E-state index >= 15 is 0 Å². The summed E-state index contributed by atoms with van der Waals surface area (Å²) in [5.41, 5.74) is 7.15. The first-order valence-corrected chi connectivity index (χ1v) is 9.62. The zero-order valence-electron chi connectivity index (χ0n) is 15.0. The first kappa shape index (κ1) is 19.7.